The van der Waals surface area contributed by atoms with Gasteiger partial charge in [0.15, 0.2) is 0 Å². The van der Waals surface area contributed by atoms with Gasteiger partial charge in [-0.15, -0.1) is 23.1 Å². The van der Waals surface area contributed by atoms with E-state index in [1.165, 1.54) is 23.1 Å². The zero-order valence-electron chi connectivity index (χ0n) is 12.4. The Bertz CT molecular complexity index is 919. The number of thioether (sulfide) groups is 1. The molecule has 0 fully saturated rings. The van der Waals surface area contributed by atoms with E-state index in [1.807, 2.05) is 30.3 Å². The lowest BCUT2D eigenvalue weighted by molar-refractivity contribution is -0.113. The Morgan fingerprint density at radius 3 is 3.00 bits per heavy atom. The topological polar surface area (TPSA) is 68.3 Å². The summed E-state index contributed by atoms with van der Waals surface area (Å²) in [5.41, 5.74) is 1.98. The summed E-state index contributed by atoms with van der Waals surface area (Å²) in [5.74, 6) is -0.0941. The summed E-state index contributed by atoms with van der Waals surface area (Å²) >= 11 is 2.97. The van der Waals surface area contributed by atoms with E-state index in [4.69, 9.17) is 4.74 Å². The van der Waals surface area contributed by atoms with Crippen molar-refractivity contribution in [1.29, 1.82) is 0 Å². The molecule has 0 saturated heterocycles. The fourth-order valence-electron chi connectivity index (χ4n) is 2.40. The van der Waals surface area contributed by atoms with Gasteiger partial charge >= 0.3 is 5.97 Å². The van der Waals surface area contributed by atoms with Gasteiger partial charge in [-0.1, -0.05) is 12.1 Å². The number of esters is 1. The minimum Gasteiger partial charge on any atom is -0.455 e. The SMILES string of the molecule is O=C1CSc2ccc(C(=O)OCc3nc4ccccc4s3)cc2N1. The molecule has 5 nitrogen and oxygen atoms in total. The second-order valence-electron chi connectivity index (χ2n) is 5.20. The van der Waals surface area contributed by atoms with Crippen molar-refractivity contribution in [3.8, 4) is 0 Å². The molecule has 1 amide bonds. The molecule has 0 aliphatic carbocycles. The van der Waals surface area contributed by atoms with Crippen LogP contribution in [-0.4, -0.2) is 22.6 Å². The number of fused-ring (bicyclic) bond motifs is 2. The number of nitrogens with zero attached hydrogens (tertiary/aromatic N) is 1. The van der Waals surface area contributed by atoms with E-state index in [9.17, 15) is 9.59 Å². The van der Waals surface area contributed by atoms with Crippen molar-refractivity contribution < 1.29 is 14.3 Å². The van der Waals surface area contributed by atoms with Crippen LogP contribution in [0.25, 0.3) is 10.2 Å². The van der Waals surface area contributed by atoms with Crippen molar-refractivity contribution in [1.82, 2.24) is 4.98 Å². The maximum absolute atomic E-state index is 12.2. The maximum atomic E-state index is 12.2. The van der Waals surface area contributed by atoms with Crippen LogP contribution in [-0.2, 0) is 16.1 Å². The average Bonchev–Trinajstić information content (AvgIpc) is 3.02. The van der Waals surface area contributed by atoms with Crippen molar-refractivity contribution in [3.63, 3.8) is 0 Å². The third kappa shape index (κ3) is 3.00. The highest BCUT2D eigenvalue weighted by atomic mass is 32.2. The standard InChI is InChI=1S/C17H12N2O3S2/c20-15-9-23-13-6-5-10(7-12(13)18-15)17(21)22-8-16-19-11-3-1-2-4-14(11)24-16/h1-7H,8-9H2,(H,18,20). The molecule has 120 valence electrons. The van der Waals surface area contributed by atoms with Crippen LogP contribution in [0.2, 0.25) is 0 Å². The molecule has 0 atom stereocenters. The minimum atomic E-state index is -0.429. The second-order valence-corrected chi connectivity index (χ2v) is 7.33. The largest absolute Gasteiger partial charge is 0.455 e. The van der Waals surface area contributed by atoms with Gasteiger partial charge in [0.2, 0.25) is 5.91 Å². The van der Waals surface area contributed by atoms with Gasteiger partial charge in [0.1, 0.15) is 11.6 Å². The molecule has 1 aliphatic rings. The monoisotopic (exact) mass is 356 g/mol. The number of hydrogen-bond acceptors (Lipinski definition) is 6. The van der Waals surface area contributed by atoms with E-state index >= 15 is 0 Å². The van der Waals surface area contributed by atoms with Gasteiger partial charge in [-0.25, -0.2) is 9.78 Å². The van der Waals surface area contributed by atoms with Crippen LogP contribution >= 0.6 is 23.1 Å². The summed E-state index contributed by atoms with van der Waals surface area (Å²) in [4.78, 5) is 29.1. The number of thiazole rings is 1. The van der Waals surface area contributed by atoms with E-state index in [1.54, 1.807) is 12.1 Å². The normalized spacial score (nSPS) is 13.4. The molecule has 2 heterocycles. The predicted molar refractivity (Wildman–Crippen MR) is 94.5 cm³/mol. The van der Waals surface area contributed by atoms with Gasteiger partial charge in [-0.05, 0) is 30.3 Å². The van der Waals surface area contributed by atoms with Gasteiger partial charge in [-0.2, -0.15) is 0 Å². The van der Waals surface area contributed by atoms with E-state index in [2.05, 4.69) is 10.3 Å². The quantitative estimate of drug-likeness (QED) is 0.725. The molecule has 24 heavy (non-hydrogen) atoms. The van der Waals surface area contributed by atoms with Crippen LogP contribution in [0.15, 0.2) is 47.4 Å². The van der Waals surface area contributed by atoms with Crippen molar-refractivity contribution in [2.75, 3.05) is 11.1 Å². The summed E-state index contributed by atoms with van der Waals surface area (Å²) in [6, 6.07) is 13.0. The molecular formula is C17H12N2O3S2. The third-order valence-electron chi connectivity index (χ3n) is 3.51. The minimum absolute atomic E-state index is 0.0625. The number of hydrogen-bond donors (Lipinski definition) is 1. The maximum Gasteiger partial charge on any atom is 0.338 e. The lowest BCUT2D eigenvalue weighted by atomic mass is 10.2. The Morgan fingerprint density at radius 1 is 1.25 bits per heavy atom. The molecule has 0 saturated carbocycles. The molecule has 0 radical (unpaired) electrons. The van der Waals surface area contributed by atoms with Crippen LogP contribution < -0.4 is 5.32 Å². The first-order valence-electron chi connectivity index (χ1n) is 7.27. The lowest BCUT2D eigenvalue weighted by Crippen LogP contribution is -2.19. The average molecular weight is 356 g/mol. The summed E-state index contributed by atoms with van der Waals surface area (Å²) < 4.78 is 6.42. The highest BCUT2D eigenvalue weighted by Gasteiger charge is 2.18. The van der Waals surface area contributed by atoms with Crippen LogP contribution in [0, 0.1) is 0 Å². The Morgan fingerprint density at radius 2 is 2.12 bits per heavy atom. The molecule has 2 aromatic carbocycles. The van der Waals surface area contributed by atoms with E-state index in [-0.39, 0.29) is 12.5 Å². The van der Waals surface area contributed by atoms with Crippen LogP contribution in [0.3, 0.4) is 0 Å². The number of anilines is 1. The smallest absolute Gasteiger partial charge is 0.338 e. The number of ether oxygens (including phenoxy) is 1. The van der Waals surface area contributed by atoms with Gasteiger partial charge in [-0.3, -0.25) is 4.79 Å². The predicted octanol–water partition coefficient (Wildman–Crippen LogP) is 3.70. The van der Waals surface area contributed by atoms with Gasteiger partial charge in [0.05, 0.1) is 27.2 Å². The van der Waals surface area contributed by atoms with E-state index in [0.29, 0.717) is 17.0 Å². The molecule has 3 aromatic rings. The molecular weight excluding hydrogens is 344 g/mol. The van der Waals surface area contributed by atoms with Crippen molar-refractivity contribution in [2.45, 2.75) is 11.5 Å². The summed E-state index contributed by atoms with van der Waals surface area (Å²) in [6.07, 6.45) is 0. The first-order valence-corrected chi connectivity index (χ1v) is 9.07. The number of nitrogens with one attached hydrogen (secondary N) is 1. The van der Waals surface area contributed by atoms with Crippen LogP contribution in [0.5, 0.6) is 0 Å². The Hall–Kier alpha value is -2.38. The molecule has 4 rings (SSSR count). The molecule has 0 spiro atoms. The third-order valence-corrected chi connectivity index (χ3v) is 5.60. The van der Waals surface area contributed by atoms with Gasteiger partial charge < -0.3 is 10.1 Å². The number of amides is 1. The fraction of sp³-hybridized carbons (Fsp3) is 0.118. The van der Waals surface area contributed by atoms with Crippen molar-refractivity contribution in [3.05, 3.63) is 53.0 Å². The summed E-state index contributed by atoms with van der Waals surface area (Å²) in [6.45, 7) is 0.135. The molecule has 0 bridgehead atoms. The van der Waals surface area contributed by atoms with Crippen LogP contribution in [0.1, 0.15) is 15.4 Å². The Labute approximate surface area is 146 Å². The fourth-order valence-corrected chi connectivity index (χ4v) is 4.07. The molecule has 1 N–H and O–H groups in total. The molecule has 0 unspecified atom stereocenters. The van der Waals surface area contributed by atoms with Gasteiger partial charge in [0, 0.05) is 4.90 Å². The zero-order valence-corrected chi connectivity index (χ0v) is 14.1. The highest BCUT2D eigenvalue weighted by Crippen LogP contribution is 2.32. The molecule has 1 aromatic heterocycles. The van der Waals surface area contributed by atoms with Gasteiger partial charge in [0.25, 0.3) is 0 Å². The number of aromatic nitrogens is 1. The van der Waals surface area contributed by atoms with Crippen LogP contribution in [0.4, 0.5) is 5.69 Å². The molecule has 7 heteroatoms. The van der Waals surface area contributed by atoms with Crippen molar-refractivity contribution >= 4 is 50.9 Å². The summed E-state index contributed by atoms with van der Waals surface area (Å²) in [7, 11) is 0. The Balaban J connectivity index is 1.48. The van der Waals surface area contributed by atoms with E-state index < -0.39 is 5.97 Å². The number of carbonyl (C=O) groups is 2. The second kappa shape index (κ2) is 6.26. The number of carbonyl (C=O) groups excluding carboxylic acids is 2. The van der Waals surface area contributed by atoms with E-state index in [0.717, 1.165) is 20.1 Å². The lowest BCUT2D eigenvalue weighted by Gasteiger charge is -2.16. The molecule has 1 aliphatic heterocycles. The Kier molecular flexibility index (Phi) is 3.95. The zero-order chi connectivity index (χ0) is 16.5. The number of benzene rings is 2. The number of para-hydroxylation sites is 1. The first kappa shape index (κ1) is 15.2. The number of rotatable bonds is 3. The summed E-state index contributed by atoms with van der Waals surface area (Å²) in [5, 5.41) is 3.52. The first-order chi connectivity index (χ1) is 11.7. The van der Waals surface area contributed by atoms with Crippen molar-refractivity contribution in [2.24, 2.45) is 0 Å². The highest BCUT2D eigenvalue weighted by molar-refractivity contribution is 8.00.